The third-order valence-corrected chi connectivity index (χ3v) is 3.13. The minimum Gasteiger partial charge on any atom is -0.378 e. The number of benzene rings is 2. The molecule has 2 rings (SSSR count). The molecule has 1 unspecified atom stereocenters. The van der Waals surface area contributed by atoms with Crippen molar-refractivity contribution < 1.29 is 4.39 Å². The number of nitrogens with one attached hydrogen (secondary N) is 1. The fraction of sp³-hybridized carbons (Fsp3) is 0.250. The quantitative estimate of drug-likeness (QED) is 0.829. The number of hydrogen-bond donors (Lipinski definition) is 1. The Morgan fingerprint density at radius 2 is 1.78 bits per heavy atom. The molecule has 18 heavy (non-hydrogen) atoms. The van der Waals surface area contributed by atoms with Gasteiger partial charge in [-0.2, -0.15) is 0 Å². The Labute approximate surface area is 108 Å². The maximum atomic E-state index is 13.7. The second-order valence-corrected chi connectivity index (χ2v) is 4.71. The lowest BCUT2D eigenvalue weighted by atomic mass is 10.1. The van der Waals surface area contributed by atoms with Crippen molar-refractivity contribution in [2.75, 3.05) is 5.32 Å². The van der Waals surface area contributed by atoms with Gasteiger partial charge in [0.2, 0.25) is 0 Å². The molecule has 0 heterocycles. The van der Waals surface area contributed by atoms with Gasteiger partial charge in [-0.05, 0) is 38.5 Å². The summed E-state index contributed by atoms with van der Waals surface area (Å²) in [7, 11) is 0. The van der Waals surface area contributed by atoms with Crippen molar-refractivity contribution >= 4 is 5.69 Å². The van der Waals surface area contributed by atoms with Gasteiger partial charge in [-0.15, -0.1) is 0 Å². The van der Waals surface area contributed by atoms with Crippen LogP contribution >= 0.6 is 0 Å². The van der Waals surface area contributed by atoms with E-state index in [0.29, 0.717) is 5.56 Å². The number of anilines is 1. The standard InChI is InChI=1S/C16H18FN/c1-11-8-9-16(12(2)10-11)18-13(3)14-6-4-5-7-15(14)17/h4-10,13,18H,1-3H3. The first-order chi connectivity index (χ1) is 8.58. The highest BCUT2D eigenvalue weighted by Crippen LogP contribution is 2.24. The fourth-order valence-electron chi connectivity index (χ4n) is 2.11. The van der Waals surface area contributed by atoms with Crippen LogP contribution in [0.15, 0.2) is 42.5 Å². The number of rotatable bonds is 3. The summed E-state index contributed by atoms with van der Waals surface area (Å²) in [4.78, 5) is 0. The number of hydrogen-bond acceptors (Lipinski definition) is 1. The topological polar surface area (TPSA) is 12.0 Å². The van der Waals surface area contributed by atoms with Crippen LogP contribution < -0.4 is 5.32 Å². The van der Waals surface area contributed by atoms with Gasteiger partial charge in [0, 0.05) is 11.3 Å². The largest absolute Gasteiger partial charge is 0.378 e. The summed E-state index contributed by atoms with van der Waals surface area (Å²) in [6.07, 6.45) is 0. The summed E-state index contributed by atoms with van der Waals surface area (Å²) >= 11 is 0. The van der Waals surface area contributed by atoms with Crippen molar-refractivity contribution in [1.82, 2.24) is 0 Å². The first-order valence-electron chi connectivity index (χ1n) is 6.16. The molecule has 0 aliphatic rings. The second kappa shape index (κ2) is 5.21. The Bertz CT molecular complexity index is 549. The predicted molar refractivity (Wildman–Crippen MR) is 74.4 cm³/mol. The van der Waals surface area contributed by atoms with Gasteiger partial charge in [0.25, 0.3) is 0 Å². The number of aryl methyl sites for hydroxylation is 2. The molecule has 0 aromatic heterocycles. The van der Waals surface area contributed by atoms with Crippen LogP contribution in [0.3, 0.4) is 0 Å². The third kappa shape index (κ3) is 2.70. The Hall–Kier alpha value is -1.83. The summed E-state index contributed by atoms with van der Waals surface area (Å²) in [5, 5.41) is 3.35. The molecule has 0 fully saturated rings. The van der Waals surface area contributed by atoms with E-state index < -0.39 is 0 Å². The Kier molecular flexibility index (Phi) is 3.66. The van der Waals surface area contributed by atoms with Crippen LogP contribution in [0.4, 0.5) is 10.1 Å². The molecule has 0 bridgehead atoms. The maximum absolute atomic E-state index is 13.7. The van der Waals surface area contributed by atoms with Gasteiger partial charge in [0.15, 0.2) is 0 Å². The summed E-state index contributed by atoms with van der Waals surface area (Å²) in [6, 6.07) is 13.1. The molecule has 2 heteroatoms. The van der Waals surface area contributed by atoms with Gasteiger partial charge in [-0.1, -0.05) is 35.9 Å². The van der Waals surface area contributed by atoms with E-state index in [-0.39, 0.29) is 11.9 Å². The van der Waals surface area contributed by atoms with Crippen LogP contribution in [0, 0.1) is 19.7 Å². The van der Waals surface area contributed by atoms with Gasteiger partial charge < -0.3 is 5.32 Å². The summed E-state index contributed by atoms with van der Waals surface area (Å²) < 4.78 is 13.7. The van der Waals surface area contributed by atoms with E-state index in [0.717, 1.165) is 5.69 Å². The van der Waals surface area contributed by atoms with Gasteiger partial charge in [-0.25, -0.2) is 4.39 Å². The van der Waals surface area contributed by atoms with E-state index >= 15 is 0 Å². The van der Waals surface area contributed by atoms with Crippen LogP contribution in [-0.2, 0) is 0 Å². The smallest absolute Gasteiger partial charge is 0.128 e. The lowest BCUT2D eigenvalue weighted by Gasteiger charge is -2.18. The molecule has 94 valence electrons. The van der Waals surface area contributed by atoms with E-state index in [1.165, 1.54) is 17.2 Å². The SMILES string of the molecule is Cc1ccc(NC(C)c2ccccc2F)c(C)c1. The van der Waals surface area contributed by atoms with Gasteiger partial charge in [-0.3, -0.25) is 0 Å². The Morgan fingerprint density at radius 1 is 1.06 bits per heavy atom. The molecule has 0 amide bonds. The lowest BCUT2D eigenvalue weighted by Crippen LogP contribution is -2.09. The van der Waals surface area contributed by atoms with E-state index in [1.807, 2.05) is 25.1 Å². The van der Waals surface area contributed by atoms with E-state index in [9.17, 15) is 4.39 Å². The fourth-order valence-corrected chi connectivity index (χ4v) is 2.11. The molecule has 0 saturated carbocycles. The first-order valence-corrected chi connectivity index (χ1v) is 6.16. The highest BCUT2D eigenvalue weighted by Gasteiger charge is 2.10. The van der Waals surface area contributed by atoms with Gasteiger partial charge in [0.05, 0.1) is 6.04 Å². The maximum Gasteiger partial charge on any atom is 0.128 e. The first kappa shape index (κ1) is 12.6. The zero-order valence-corrected chi connectivity index (χ0v) is 11.0. The zero-order chi connectivity index (χ0) is 13.1. The van der Waals surface area contributed by atoms with E-state index in [4.69, 9.17) is 0 Å². The normalized spacial score (nSPS) is 12.2. The monoisotopic (exact) mass is 243 g/mol. The second-order valence-electron chi connectivity index (χ2n) is 4.71. The number of halogens is 1. The van der Waals surface area contributed by atoms with E-state index in [1.54, 1.807) is 6.07 Å². The highest BCUT2D eigenvalue weighted by atomic mass is 19.1. The minimum absolute atomic E-state index is 0.0485. The predicted octanol–water partition coefficient (Wildman–Crippen LogP) is 4.62. The molecular weight excluding hydrogens is 225 g/mol. The summed E-state index contributed by atoms with van der Waals surface area (Å²) in [6.45, 7) is 6.10. The molecule has 1 nitrogen and oxygen atoms in total. The summed E-state index contributed by atoms with van der Waals surface area (Å²) in [5.41, 5.74) is 4.16. The average molecular weight is 243 g/mol. The minimum atomic E-state index is -0.165. The zero-order valence-electron chi connectivity index (χ0n) is 11.0. The van der Waals surface area contributed by atoms with Crippen molar-refractivity contribution in [2.24, 2.45) is 0 Å². The molecule has 2 aromatic carbocycles. The Morgan fingerprint density at radius 3 is 2.44 bits per heavy atom. The van der Waals surface area contributed by atoms with Crippen molar-refractivity contribution in [2.45, 2.75) is 26.8 Å². The van der Waals surface area contributed by atoms with Crippen molar-refractivity contribution in [3.05, 3.63) is 65.0 Å². The summed E-state index contributed by atoms with van der Waals surface area (Å²) in [5.74, 6) is -0.165. The molecule has 0 aliphatic heterocycles. The molecule has 0 radical (unpaired) electrons. The lowest BCUT2D eigenvalue weighted by molar-refractivity contribution is 0.600. The van der Waals surface area contributed by atoms with Gasteiger partial charge in [0.1, 0.15) is 5.82 Å². The molecular formula is C16H18FN. The van der Waals surface area contributed by atoms with Crippen LogP contribution in [-0.4, -0.2) is 0 Å². The Balaban J connectivity index is 2.21. The molecule has 2 aromatic rings. The molecule has 0 aliphatic carbocycles. The van der Waals surface area contributed by atoms with E-state index in [2.05, 4.69) is 31.3 Å². The molecule has 1 N–H and O–H groups in total. The molecule has 0 spiro atoms. The van der Waals surface area contributed by atoms with Crippen LogP contribution in [0.1, 0.15) is 29.7 Å². The average Bonchev–Trinajstić information content (AvgIpc) is 2.33. The van der Waals surface area contributed by atoms with Crippen LogP contribution in [0.2, 0.25) is 0 Å². The molecule has 1 atom stereocenters. The van der Waals surface area contributed by atoms with Crippen molar-refractivity contribution in [3.63, 3.8) is 0 Å². The van der Waals surface area contributed by atoms with Crippen LogP contribution in [0.5, 0.6) is 0 Å². The highest BCUT2D eigenvalue weighted by molar-refractivity contribution is 5.53. The van der Waals surface area contributed by atoms with Crippen LogP contribution in [0.25, 0.3) is 0 Å². The molecule has 0 saturated heterocycles. The van der Waals surface area contributed by atoms with Crippen molar-refractivity contribution in [1.29, 1.82) is 0 Å². The van der Waals surface area contributed by atoms with Crippen molar-refractivity contribution in [3.8, 4) is 0 Å². The third-order valence-electron chi connectivity index (χ3n) is 3.13. The van der Waals surface area contributed by atoms with Gasteiger partial charge >= 0.3 is 0 Å².